The molecule has 7 heteroatoms. The molecule has 0 saturated heterocycles. The van der Waals surface area contributed by atoms with Crippen molar-refractivity contribution >= 4 is 28.6 Å². The molecule has 0 aliphatic rings. The van der Waals surface area contributed by atoms with Crippen molar-refractivity contribution in [2.45, 2.75) is 13.8 Å². The van der Waals surface area contributed by atoms with Crippen molar-refractivity contribution in [2.24, 2.45) is 0 Å². The molecule has 0 unspecified atom stereocenters. The van der Waals surface area contributed by atoms with Gasteiger partial charge in [-0.05, 0) is 55.3 Å². The average molecular weight is 339 g/mol. The molecule has 128 valence electrons. The van der Waals surface area contributed by atoms with Crippen molar-refractivity contribution in [1.82, 2.24) is 9.97 Å². The van der Waals surface area contributed by atoms with E-state index in [-0.39, 0.29) is 5.69 Å². The maximum atomic E-state index is 12.0. The van der Waals surface area contributed by atoms with E-state index in [1.807, 2.05) is 19.9 Å². The van der Waals surface area contributed by atoms with Crippen LogP contribution >= 0.6 is 0 Å². The fourth-order valence-electron chi connectivity index (χ4n) is 2.39. The summed E-state index contributed by atoms with van der Waals surface area (Å²) in [5.74, 6) is -1.02. The molecule has 0 spiro atoms. The number of carbonyl (C=O) groups excluding carboxylic acids is 2. The smallest absolute Gasteiger partial charge is 0.338 e. The highest BCUT2D eigenvalue weighted by Gasteiger charge is 2.11. The number of benzene rings is 2. The number of rotatable bonds is 4. The third-order valence-corrected chi connectivity index (χ3v) is 3.88. The SMILES string of the molecule is Cc1ccc(C(=O)OCC(=O)Nc2ccc3[nH]c(=O)[nH]c3c2)cc1C. The van der Waals surface area contributed by atoms with Gasteiger partial charge >= 0.3 is 11.7 Å². The summed E-state index contributed by atoms with van der Waals surface area (Å²) in [4.78, 5) is 40.4. The first-order valence-corrected chi connectivity index (χ1v) is 7.68. The predicted molar refractivity (Wildman–Crippen MR) is 93.7 cm³/mol. The van der Waals surface area contributed by atoms with Gasteiger partial charge in [0.2, 0.25) is 0 Å². The maximum absolute atomic E-state index is 12.0. The highest BCUT2D eigenvalue weighted by Crippen LogP contribution is 2.14. The molecular formula is C18H17N3O4. The highest BCUT2D eigenvalue weighted by molar-refractivity contribution is 5.96. The molecule has 0 atom stereocenters. The van der Waals surface area contributed by atoms with Crippen LogP contribution in [0.2, 0.25) is 0 Å². The van der Waals surface area contributed by atoms with Crippen LogP contribution in [0.4, 0.5) is 5.69 Å². The number of anilines is 1. The van der Waals surface area contributed by atoms with Gasteiger partial charge in [-0.2, -0.15) is 0 Å². The molecule has 1 aromatic heterocycles. The van der Waals surface area contributed by atoms with Gasteiger partial charge in [-0.1, -0.05) is 6.07 Å². The van der Waals surface area contributed by atoms with E-state index in [0.717, 1.165) is 11.1 Å². The Balaban J connectivity index is 1.60. The molecule has 2 aromatic carbocycles. The molecule has 1 amide bonds. The number of aromatic nitrogens is 2. The minimum absolute atomic E-state index is 0.319. The zero-order valence-electron chi connectivity index (χ0n) is 13.8. The summed E-state index contributed by atoms with van der Waals surface area (Å²) < 4.78 is 5.03. The topological polar surface area (TPSA) is 104 Å². The minimum Gasteiger partial charge on any atom is -0.452 e. The zero-order valence-corrected chi connectivity index (χ0v) is 13.8. The van der Waals surface area contributed by atoms with Crippen LogP contribution in [0.25, 0.3) is 11.0 Å². The molecular weight excluding hydrogens is 322 g/mol. The van der Waals surface area contributed by atoms with Crippen LogP contribution in [-0.4, -0.2) is 28.5 Å². The molecule has 0 fully saturated rings. The van der Waals surface area contributed by atoms with E-state index in [1.165, 1.54) is 0 Å². The zero-order chi connectivity index (χ0) is 18.0. The molecule has 3 aromatic rings. The Bertz CT molecular complexity index is 1020. The van der Waals surface area contributed by atoms with Crippen molar-refractivity contribution in [3.63, 3.8) is 0 Å². The number of aryl methyl sites for hydroxylation is 2. The minimum atomic E-state index is -0.552. The summed E-state index contributed by atoms with van der Waals surface area (Å²) in [5, 5.41) is 2.62. The summed E-state index contributed by atoms with van der Waals surface area (Å²) in [6.45, 7) is 3.46. The summed E-state index contributed by atoms with van der Waals surface area (Å²) in [6, 6.07) is 10.2. The molecule has 3 rings (SSSR count). The Labute approximate surface area is 143 Å². The Morgan fingerprint density at radius 1 is 1.00 bits per heavy atom. The number of esters is 1. The van der Waals surface area contributed by atoms with Gasteiger partial charge in [0, 0.05) is 5.69 Å². The van der Waals surface area contributed by atoms with Crippen LogP contribution in [0, 0.1) is 13.8 Å². The van der Waals surface area contributed by atoms with E-state index in [2.05, 4.69) is 15.3 Å². The summed E-state index contributed by atoms with van der Waals surface area (Å²) in [5.41, 5.74) is 3.86. The summed E-state index contributed by atoms with van der Waals surface area (Å²) >= 11 is 0. The van der Waals surface area contributed by atoms with Gasteiger partial charge in [0.1, 0.15) is 0 Å². The first kappa shape index (κ1) is 16.5. The molecule has 7 nitrogen and oxygen atoms in total. The molecule has 0 bridgehead atoms. The van der Waals surface area contributed by atoms with Gasteiger partial charge in [-0.3, -0.25) is 4.79 Å². The standard InChI is InChI=1S/C18H17N3O4/c1-10-3-4-12(7-11(10)2)17(23)25-9-16(22)19-13-5-6-14-15(8-13)21-18(24)20-14/h3-8H,9H2,1-2H3,(H,19,22)(H2,20,21,24). The number of carbonyl (C=O) groups is 2. The van der Waals surface area contributed by atoms with Gasteiger partial charge in [-0.25, -0.2) is 9.59 Å². The van der Waals surface area contributed by atoms with Crippen LogP contribution in [0.3, 0.4) is 0 Å². The largest absolute Gasteiger partial charge is 0.452 e. The quantitative estimate of drug-likeness (QED) is 0.634. The van der Waals surface area contributed by atoms with E-state index in [9.17, 15) is 14.4 Å². The monoisotopic (exact) mass is 339 g/mol. The first-order valence-electron chi connectivity index (χ1n) is 7.68. The van der Waals surface area contributed by atoms with Gasteiger partial charge in [0.05, 0.1) is 16.6 Å². The van der Waals surface area contributed by atoms with Gasteiger partial charge in [0.15, 0.2) is 6.61 Å². The lowest BCUT2D eigenvalue weighted by Crippen LogP contribution is -2.21. The van der Waals surface area contributed by atoms with Gasteiger partial charge in [0.25, 0.3) is 5.91 Å². The second kappa shape index (κ2) is 6.64. The molecule has 0 aliphatic heterocycles. The van der Waals surface area contributed by atoms with E-state index < -0.39 is 18.5 Å². The lowest BCUT2D eigenvalue weighted by molar-refractivity contribution is -0.119. The van der Waals surface area contributed by atoms with Gasteiger partial charge in [-0.15, -0.1) is 0 Å². The van der Waals surface area contributed by atoms with Crippen molar-refractivity contribution in [3.05, 3.63) is 63.6 Å². The number of nitrogens with one attached hydrogen (secondary N) is 3. The number of aromatic amines is 2. The van der Waals surface area contributed by atoms with Crippen LogP contribution in [-0.2, 0) is 9.53 Å². The fraction of sp³-hybridized carbons (Fsp3) is 0.167. The Hall–Kier alpha value is -3.35. The van der Waals surface area contributed by atoms with E-state index in [4.69, 9.17) is 4.74 Å². The number of H-pyrrole nitrogens is 2. The van der Waals surface area contributed by atoms with Crippen LogP contribution in [0.1, 0.15) is 21.5 Å². The predicted octanol–water partition coefficient (Wildman–Crippen LogP) is 2.27. The average Bonchev–Trinajstić information content (AvgIpc) is 2.94. The molecule has 0 radical (unpaired) electrons. The second-order valence-electron chi connectivity index (χ2n) is 5.76. The third-order valence-electron chi connectivity index (χ3n) is 3.88. The number of hydrogen-bond acceptors (Lipinski definition) is 4. The van der Waals surface area contributed by atoms with Crippen molar-refractivity contribution in [3.8, 4) is 0 Å². The van der Waals surface area contributed by atoms with E-state index in [1.54, 1.807) is 30.3 Å². The highest BCUT2D eigenvalue weighted by atomic mass is 16.5. The third kappa shape index (κ3) is 3.77. The van der Waals surface area contributed by atoms with Crippen LogP contribution < -0.4 is 11.0 Å². The molecule has 0 saturated carbocycles. The van der Waals surface area contributed by atoms with Crippen LogP contribution in [0.15, 0.2) is 41.2 Å². The van der Waals surface area contributed by atoms with E-state index in [0.29, 0.717) is 22.3 Å². The summed E-state index contributed by atoms with van der Waals surface area (Å²) in [6.07, 6.45) is 0. The second-order valence-corrected chi connectivity index (χ2v) is 5.76. The number of imidazole rings is 1. The van der Waals surface area contributed by atoms with Crippen LogP contribution in [0.5, 0.6) is 0 Å². The molecule has 25 heavy (non-hydrogen) atoms. The molecule has 1 heterocycles. The number of ether oxygens (including phenoxy) is 1. The van der Waals surface area contributed by atoms with Gasteiger partial charge < -0.3 is 20.0 Å². The Morgan fingerprint density at radius 3 is 2.52 bits per heavy atom. The first-order chi connectivity index (χ1) is 11.9. The van der Waals surface area contributed by atoms with E-state index >= 15 is 0 Å². The van der Waals surface area contributed by atoms with Crippen molar-refractivity contribution < 1.29 is 14.3 Å². The number of amides is 1. The Kier molecular flexibility index (Phi) is 4.38. The maximum Gasteiger partial charge on any atom is 0.338 e. The van der Waals surface area contributed by atoms with Crippen molar-refractivity contribution in [2.75, 3.05) is 11.9 Å². The molecule has 3 N–H and O–H groups in total. The Morgan fingerprint density at radius 2 is 1.76 bits per heavy atom. The lowest BCUT2D eigenvalue weighted by Gasteiger charge is -2.08. The number of fused-ring (bicyclic) bond motifs is 1. The fourth-order valence-corrected chi connectivity index (χ4v) is 2.39. The normalized spacial score (nSPS) is 10.6. The number of hydrogen-bond donors (Lipinski definition) is 3. The lowest BCUT2D eigenvalue weighted by atomic mass is 10.1. The van der Waals surface area contributed by atoms with Crippen molar-refractivity contribution in [1.29, 1.82) is 0 Å². The summed E-state index contributed by atoms with van der Waals surface area (Å²) in [7, 11) is 0. The molecule has 0 aliphatic carbocycles.